The van der Waals surface area contributed by atoms with Crippen LogP contribution in [0.3, 0.4) is 0 Å². The van der Waals surface area contributed by atoms with Gasteiger partial charge in [-0.25, -0.2) is 0 Å². The summed E-state index contributed by atoms with van der Waals surface area (Å²) in [4.78, 5) is 0. The average Bonchev–Trinajstić information content (AvgIpc) is 3.33. The van der Waals surface area contributed by atoms with E-state index in [0.717, 1.165) is 22.4 Å². The van der Waals surface area contributed by atoms with Crippen LogP contribution in [0.25, 0.3) is 22.3 Å². The smallest absolute Gasteiger partial charge is 0.0213 e. The Bertz CT molecular complexity index is 941. The molecule has 0 spiro atoms. The van der Waals surface area contributed by atoms with Gasteiger partial charge in [-0.05, 0) is 12.8 Å². The van der Waals surface area contributed by atoms with Crippen molar-refractivity contribution < 1.29 is 40.8 Å². The number of hydrogen-bond donors (Lipinski definition) is 0. The largest absolute Gasteiger partial charge is 0.179 e. The molecular formula is C28H25NdSi-2. The minimum absolute atomic E-state index is 0. The number of rotatable bonds is 0. The van der Waals surface area contributed by atoms with Gasteiger partial charge in [0.2, 0.25) is 0 Å². The van der Waals surface area contributed by atoms with Crippen LogP contribution in [0.2, 0.25) is 13.1 Å². The van der Waals surface area contributed by atoms with Crippen LogP contribution in [0.15, 0.2) is 84.9 Å². The zero-order chi connectivity index (χ0) is 20.1. The molecule has 0 atom stereocenters. The van der Waals surface area contributed by atoms with Crippen LogP contribution in [0, 0.1) is 53.0 Å². The van der Waals surface area contributed by atoms with Gasteiger partial charge >= 0.3 is 0 Å². The molecule has 2 heteroatoms. The quantitative estimate of drug-likeness (QED) is 0.152. The summed E-state index contributed by atoms with van der Waals surface area (Å²) in [5.41, 5.74) is 11.0. The Morgan fingerprint density at radius 2 is 0.933 bits per heavy atom. The van der Waals surface area contributed by atoms with E-state index in [1.54, 1.807) is 0 Å². The van der Waals surface area contributed by atoms with E-state index in [9.17, 15) is 0 Å². The molecule has 1 radical (unpaired) electrons. The first-order chi connectivity index (χ1) is 14.3. The normalized spacial score (nSPS) is 11.3. The summed E-state index contributed by atoms with van der Waals surface area (Å²) in [5, 5.41) is 0. The van der Waals surface area contributed by atoms with Crippen molar-refractivity contribution in [1.82, 2.24) is 0 Å². The molecule has 0 nitrogen and oxygen atoms in total. The molecular weight excluding hydrogens is 509 g/mol. The van der Waals surface area contributed by atoms with Crippen LogP contribution in [0.1, 0.15) is 22.3 Å². The molecule has 0 bridgehead atoms. The molecule has 0 unspecified atom stereocenters. The Kier molecular flexibility index (Phi) is 8.61. The molecule has 30 heavy (non-hydrogen) atoms. The molecule has 0 heterocycles. The number of hydrogen-bond acceptors (Lipinski definition) is 0. The minimum atomic E-state index is 0. The van der Waals surface area contributed by atoms with E-state index in [0.29, 0.717) is 0 Å². The maximum absolute atomic E-state index is 3.30. The second-order valence-electron chi connectivity index (χ2n) is 7.37. The van der Waals surface area contributed by atoms with Crippen LogP contribution in [-0.2, 0) is 12.8 Å². The Labute approximate surface area is 216 Å². The summed E-state index contributed by atoms with van der Waals surface area (Å²) >= 11 is 0. The molecule has 0 N–H and O–H groups in total. The van der Waals surface area contributed by atoms with Gasteiger partial charge in [0.15, 0.2) is 0 Å². The summed E-state index contributed by atoms with van der Waals surface area (Å²) in [6.45, 7) is 4.42. The Balaban J connectivity index is 0.000000147. The molecule has 4 aromatic carbocycles. The van der Waals surface area contributed by atoms with Crippen molar-refractivity contribution in [3.63, 3.8) is 0 Å². The second-order valence-corrected chi connectivity index (χ2v) is 8.52. The van der Waals surface area contributed by atoms with Crippen LogP contribution >= 0.6 is 0 Å². The summed E-state index contributed by atoms with van der Waals surface area (Å²) in [6, 6.07) is 36.2. The van der Waals surface area contributed by atoms with Crippen molar-refractivity contribution >= 4 is 9.52 Å². The molecule has 147 valence electrons. The predicted octanol–water partition coefficient (Wildman–Crippen LogP) is 6.64. The van der Waals surface area contributed by atoms with E-state index in [4.69, 9.17) is 0 Å². The first kappa shape index (κ1) is 23.1. The molecule has 2 aliphatic carbocycles. The summed E-state index contributed by atoms with van der Waals surface area (Å²) in [5.74, 6) is 0. The van der Waals surface area contributed by atoms with Crippen LogP contribution in [0.4, 0.5) is 0 Å². The second kappa shape index (κ2) is 11.2. The third kappa shape index (κ3) is 5.01. The van der Waals surface area contributed by atoms with E-state index in [-0.39, 0.29) is 40.8 Å². The third-order valence-corrected chi connectivity index (χ3v) is 5.23. The van der Waals surface area contributed by atoms with Gasteiger partial charge in [0, 0.05) is 50.4 Å². The van der Waals surface area contributed by atoms with Crippen LogP contribution in [0.5, 0.6) is 0 Å². The SMILES string of the molecule is C[SiH]C.[Nd].[c-]1cccc2c1Cc1ccccc1-2.[c-]1cccc2c1Cc1ccccc1-2. The predicted molar refractivity (Wildman–Crippen MR) is 126 cm³/mol. The fourth-order valence-corrected chi connectivity index (χ4v) is 4.00. The van der Waals surface area contributed by atoms with Crippen molar-refractivity contribution in [2.24, 2.45) is 0 Å². The van der Waals surface area contributed by atoms with Crippen molar-refractivity contribution in [3.8, 4) is 22.3 Å². The molecule has 0 fully saturated rings. The van der Waals surface area contributed by atoms with E-state index >= 15 is 0 Å². The van der Waals surface area contributed by atoms with Gasteiger partial charge in [0.25, 0.3) is 0 Å². The van der Waals surface area contributed by atoms with Gasteiger partial charge in [-0.2, -0.15) is 59.7 Å². The van der Waals surface area contributed by atoms with Gasteiger partial charge in [-0.1, -0.05) is 83.9 Å². The first-order valence-electron chi connectivity index (χ1n) is 10.2. The van der Waals surface area contributed by atoms with Crippen molar-refractivity contribution in [1.29, 1.82) is 0 Å². The Hall–Kier alpha value is -1.55. The minimum Gasteiger partial charge on any atom is -0.179 e. The maximum Gasteiger partial charge on any atom is 0.0213 e. The summed E-state index contributed by atoms with van der Waals surface area (Å²) in [6.07, 6.45) is 2.10. The molecule has 0 saturated heterocycles. The van der Waals surface area contributed by atoms with E-state index in [2.05, 4.69) is 98.0 Å². The fourth-order valence-electron chi connectivity index (χ4n) is 4.00. The van der Waals surface area contributed by atoms with Crippen molar-refractivity contribution in [2.45, 2.75) is 25.9 Å². The van der Waals surface area contributed by atoms with Crippen molar-refractivity contribution in [3.05, 3.63) is 119 Å². The monoisotopic (exact) mass is 531 g/mol. The molecule has 6 rings (SSSR count). The van der Waals surface area contributed by atoms with E-state index in [1.807, 2.05) is 12.1 Å². The van der Waals surface area contributed by atoms with Crippen molar-refractivity contribution in [2.75, 3.05) is 0 Å². The third-order valence-electron chi connectivity index (χ3n) is 5.23. The van der Waals surface area contributed by atoms with Gasteiger partial charge in [0.05, 0.1) is 0 Å². The topological polar surface area (TPSA) is 0 Å². The van der Waals surface area contributed by atoms with Gasteiger partial charge in [-0.3, -0.25) is 0 Å². The van der Waals surface area contributed by atoms with Crippen LogP contribution in [-0.4, -0.2) is 9.52 Å². The molecule has 2 aliphatic rings. The fraction of sp³-hybridized carbons (Fsp3) is 0.143. The average molecular weight is 534 g/mol. The van der Waals surface area contributed by atoms with E-state index in [1.165, 1.54) is 44.5 Å². The molecule has 4 aromatic rings. The molecule has 0 aromatic heterocycles. The number of benzene rings is 4. The summed E-state index contributed by atoms with van der Waals surface area (Å²) < 4.78 is 0. The van der Waals surface area contributed by atoms with Gasteiger partial charge in [-0.15, -0.1) is 11.1 Å². The van der Waals surface area contributed by atoms with Gasteiger partial charge in [0.1, 0.15) is 0 Å². The zero-order valence-corrected chi connectivity index (χ0v) is 21.9. The molecule has 0 amide bonds. The van der Waals surface area contributed by atoms with Crippen LogP contribution < -0.4 is 0 Å². The van der Waals surface area contributed by atoms with Gasteiger partial charge < -0.3 is 0 Å². The molecule has 0 saturated carbocycles. The molecule has 0 aliphatic heterocycles. The Morgan fingerprint density at radius 3 is 1.37 bits per heavy atom. The number of fused-ring (bicyclic) bond motifs is 6. The van der Waals surface area contributed by atoms with E-state index < -0.39 is 0 Å². The maximum atomic E-state index is 3.30. The first-order valence-corrected chi connectivity index (χ1v) is 12.5. The summed E-state index contributed by atoms with van der Waals surface area (Å²) in [7, 11) is 0.750. The standard InChI is InChI=1S/2C13H9.C2H7Si.Nd/c2*1-3-7-12-10(5-1)9-11-6-2-4-8-13(11)12;1-3-2;/h2*1-5,7-8H,9H2;3H,1-2H3;/q2*-1;;. The zero-order valence-electron chi connectivity index (χ0n) is 17.6. The Morgan fingerprint density at radius 1 is 0.567 bits per heavy atom.